The summed E-state index contributed by atoms with van der Waals surface area (Å²) in [5, 5.41) is 2.81. The van der Waals surface area contributed by atoms with Crippen LogP contribution < -0.4 is 19.5 Å². The number of carbonyl (C=O) groups excluding carboxylic acids is 2. The highest BCUT2D eigenvalue weighted by Gasteiger charge is 2.10. The Kier molecular flexibility index (Phi) is 8.14. The number of ether oxygens (including phenoxy) is 3. The summed E-state index contributed by atoms with van der Waals surface area (Å²) in [5.74, 6) is 1.89. The molecular formula is C21H26N2O5. The van der Waals surface area contributed by atoms with Gasteiger partial charge in [0.1, 0.15) is 23.9 Å². The Morgan fingerprint density at radius 2 is 1.39 bits per heavy atom. The third-order valence-corrected chi connectivity index (χ3v) is 4.15. The highest BCUT2D eigenvalue weighted by Crippen LogP contribution is 2.16. The van der Waals surface area contributed by atoms with E-state index in [1.807, 2.05) is 24.3 Å². The zero-order valence-electron chi connectivity index (χ0n) is 16.4. The normalized spacial score (nSPS) is 10.1. The Morgan fingerprint density at radius 3 is 1.93 bits per heavy atom. The van der Waals surface area contributed by atoms with Crippen LogP contribution in [0.3, 0.4) is 0 Å². The summed E-state index contributed by atoms with van der Waals surface area (Å²) in [6.45, 7) is 3.05. The molecule has 0 fully saturated rings. The summed E-state index contributed by atoms with van der Waals surface area (Å²) in [6.07, 6.45) is 0. The Labute approximate surface area is 165 Å². The lowest BCUT2D eigenvalue weighted by atomic mass is 10.2. The topological polar surface area (TPSA) is 77.1 Å². The monoisotopic (exact) mass is 386 g/mol. The van der Waals surface area contributed by atoms with Crippen LogP contribution in [-0.2, 0) is 4.79 Å². The minimum absolute atomic E-state index is 0.0722. The smallest absolute Gasteiger partial charge is 0.251 e. The predicted octanol–water partition coefficient (Wildman–Crippen LogP) is 2.36. The molecule has 28 heavy (non-hydrogen) atoms. The summed E-state index contributed by atoms with van der Waals surface area (Å²) in [4.78, 5) is 25.6. The first-order valence-corrected chi connectivity index (χ1v) is 8.98. The maximum absolute atomic E-state index is 12.2. The lowest BCUT2D eigenvalue weighted by Crippen LogP contribution is -2.39. The minimum atomic E-state index is -0.194. The Hall–Kier alpha value is -3.22. The van der Waals surface area contributed by atoms with Gasteiger partial charge in [0.05, 0.1) is 20.8 Å². The molecule has 0 unspecified atom stereocenters. The van der Waals surface area contributed by atoms with Crippen LogP contribution in [0, 0.1) is 0 Å². The van der Waals surface area contributed by atoms with E-state index in [2.05, 4.69) is 5.32 Å². The van der Waals surface area contributed by atoms with Gasteiger partial charge in [0.2, 0.25) is 5.91 Å². The fraction of sp³-hybridized carbons (Fsp3) is 0.333. The standard InChI is InChI=1S/C21H26N2O5/c1-16(24)23(14-15-28-20-10-8-19(27-3)9-11-20)13-12-22-21(25)17-4-6-18(26-2)7-5-17/h4-11H,12-15H2,1-3H3,(H,22,25). The first-order chi connectivity index (χ1) is 13.5. The summed E-state index contributed by atoms with van der Waals surface area (Å²) >= 11 is 0. The number of nitrogens with one attached hydrogen (secondary N) is 1. The van der Waals surface area contributed by atoms with Gasteiger partial charge in [0.15, 0.2) is 0 Å². The second kappa shape index (κ2) is 10.8. The van der Waals surface area contributed by atoms with E-state index in [9.17, 15) is 9.59 Å². The molecule has 0 saturated carbocycles. The highest BCUT2D eigenvalue weighted by atomic mass is 16.5. The van der Waals surface area contributed by atoms with Gasteiger partial charge in [-0.3, -0.25) is 9.59 Å². The van der Waals surface area contributed by atoms with Crippen LogP contribution in [0.15, 0.2) is 48.5 Å². The number of benzene rings is 2. The van der Waals surface area contributed by atoms with Crippen LogP contribution in [0.4, 0.5) is 0 Å². The molecule has 2 aromatic carbocycles. The van der Waals surface area contributed by atoms with Crippen molar-refractivity contribution < 1.29 is 23.8 Å². The third-order valence-electron chi connectivity index (χ3n) is 4.15. The number of rotatable bonds is 10. The molecule has 0 heterocycles. The predicted molar refractivity (Wildman–Crippen MR) is 106 cm³/mol. The van der Waals surface area contributed by atoms with E-state index < -0.39 is 0 Å². The number of amides is 2. The molecule has 0 aliphatic heterocycles. The van der Waals surface area contributed by atoms with Gasteiger partial charge in [-0.15, -0.1) is 0 Å². The van der Waals surface area contributed by atoms with E-state index in [-0.39, 0.29) is 11.8 Å². The molecule has 0 saturated heterocycles. The fourth-order valence-electron chi connectivity index (χ4n) is 2.52. The lowest BCUT2D eigenvalue weighted by Gasteiger charge is -2.21. The van der Waals surface area contributed by atoms with Crippen molar-refractivity contribution in [2.45, 2.75) is 6.92 Å². The minimum Gasteiger partial charge on any atom is -0.497 e. The molecule has 2 rings (SSSR count). The first kappa shape index (κ1) is 21.1. The summed E-state index contributed by atoms with van der Waals surface area (Å²) in [6, 6.07) is 14.1. The van der Waals surface area contributed by atoms with E-state index in [0.717, 1.165) is 5.75 Å². The fourth-order valence-corrected chi connectivity index (χ4v) is 2.52. The molecular weight excluding hydrogens is 360 g/mol. The van der Waals surface area contributed by atoms with Gasteiger partial charge in [0, 0.05) is 25.6 Å². The Balaban J connectivity index is 1.75. The van der Waals surface area contributed by atoms with Gasteiger partial charge in [-0.2, -0.15) is 0 Å². The van der Waals surface area contributed by atoms with Crippen molar-refractivity contribution in [2.75, 3.05) is 40.5 Å². The van der Waals surface area contributed by atoms with Gasteiger partial charge in [-0.1, -0.05) is 0 Å². The van der Waals surface area contributed by atoms with Crippen molar-refractivity contribution in [2.24, 2.45) is 0 Å². The van der Waals surface area contributed by atoms with E-state index in [1.54, 1.807) is 43.4 Å². The molecule has 7 heteroatoms. The zero-order valence-corrected chi connectivity index (χ0v) is 16.4. The second-order valence-electron chi connectivity index (χ2n) is 6.01. The molecule has 2 amide bonds. The molecule has 1 N–H and O–H groups in total. The second-order valence-corrected chi connectivity index (χ2v) is 6.01. The summed E-state index contributed by atoms with van der Waals surface area (Å²) in [7, 11) is 3.18. The Bertz CT molecular complexity index is 759. The number of carbonyl (C=O) groups is 2. The highest BCUT2D eigenvalue weighted by molar-refractivity contribution is 5.94. The van der Waals surface area contributed by atoms with E-state index >= 15 is 0 Å². The van der Waals surface area contributed by atoms with Gasteiger partial charge < -0.3 is 24.4 Å². The average molecular weight is 386 g/mol. The van der Waals surface area contributed by atoms with Crippen molar-refractivity contribution in [3.63, 3.8) is 0 Å². The molecule has 7 nitrogen and oxygen atoms in total. The third kappa shape index (κ3) is 6.50. The molecule has 150 valence electrons. The van der Waals surface area contributed by atoms with E-state index in [4.69, 9.17) is 14.2 Å². The average Bonchev–Trinajstić information content (AvgIpc) is 2.72. The lowest BCUT2D eigenvalue weighted by molar-refractivity contribution is -0.129. The largest absolute Gasteiger partial charge is 0.497 e. The molecule has 0 aromatic heterocycles. The Morgan fingerprint density at radius 1 is 0.857 bits per heavy atom. The summed E-state index contributed by atoms with van der Waals surface area (Å²) < 4.78 is 15.8. The number of nitrogens with zero attached hydrogens (tertiary/aromatic N) is 1. The number of hydrogen-bond donors (Lipinski definition) is 1. The van der Waals surface area contributed by atoms with Gasteiger partial charge >= 0.3 is 0 Å². The van der Waals surface area contributed by atoms with Crippen molar-refractivity contribution in [3.8, 4) is 17.2 Å². The van der Waals surface area contributed by atoms with Gasteiger partial charge in [0.25, 0.3) is 5.91 Å². The first-order valence-electron chi connectivity index (χ1n) is 8.98. The van der Waals surface area contributed by atoms with Crippen molar-refractivity contribution in [3.05, 3.63) is 54.1 Å². The maximum Gasteiger partial charge on any atom is 0.251 e. The van der Waals surface area contributed by atoms with Gasteiger partial charge in [-0.25, -0.2) is 0 Å². The van der Waals surface area contributed by atoms with Crippen molar-refractivity contribution >= 4 is 11.8 Å². The van der Waals surface area contributed by atoms with Crippen LogP contribution in [0.25, 0.3) is 0 Å². The molecule has 0 radical (unpaired) electrons. The molecule has 0 spiro atoms. The van der Waals surface area contributed by atoms with Crippen molar-refractivity contribution in [1.29, 1.82) is 0 Å². The molecule has 0 atom stereocenters. The van der Waals surface area contributed by atoms with Gasteiger partial charge in [-0.05, 0) is 48.5 Å². The van der Waals surface area contributed by atoms with Crippen molar-refractivity contribution in [1.82, 2.24) is 10.2 Å². The molecule has 0 bridgehead atoms. The van der Waals surface area contributed by atoms with Crippen LogP contribution in [-0.4, -0.2) is 57.2 Å². The number of methoxy groups -OCH3 is 2. The SMILES string of the molecule is COc1ccc(OCCN(CCNC(=O)c2ccc(OC)cc2)C(C)=O)cc1. The summed E-state index contributed by atoms with van der Waals surface area (Å²) in [5.41, 5.74) is 0.540. The van der Waals surface area contributed by atoms with Crippen LogP contribution in [0.2, 0.25) is 0 Å². The number of hydrogen-bond acceptors (Lipinski definition) is 5. The van der Waals surface area contributed by atoms with E-state index in [0.29, 0.717) is 43.3 Å². The molecule has 2 aromatic rings. The quantitative estimate of drug-likeness (QED) is 0.678. The maximum atomic E-state index is 12.2. The zero-order chi connectivity index (χ0) is 20.4. The van der Waals surface area contributed by atoms with Crippen LogP contribution in [0.1, 0.15) is 17.3 Å². The van der Waals surface area contributed by atoms with E-state index in [1.165, 1.54) is 6.92 Å². The van der Waals surface area contributed by atoms with Crippen LogP contribution >= 0.6 is 0 Å². The molecule has 0 aliphatic carbocycles. The van der Waals surface area contributed by atoms with Crippen LogP contribution in [0.5, 0.6) is 17.2 Å². The molecule has 0 aliphatic rings.